The van der Waals surface area contributed by atoms with Crippen molar-refractivity contribution in [2.75, 3.05) is 39.9 Å². The van der Waals surface area contributed by atoms with Crippen LogP contribution in [-0.4, -0.2) is 61.5 Å². The van der Waals surface area contributed by atoms with Gasteiger partial charge in [-0.05, 0) is 31.1 Å². The van der Waals surface area contributed by atoms with Crippen LogP contribution in [0.1, 0.15) is 44.9 Å². The van der Waals surface area contributed by atoms with Gasteiger partial charge in [0.05, 0.1) is 12.5 Å². The first-order chi connectivity index (χ1) is 10.6. The lowest BCUT2D eigenvalue weighted by Gasteiger charge is -2.34. The van der Waals surface area contributed by atoms with Crippen molar-refractivity contribution in [3.8, 4) is 0 Å². The molecule has 22 heavy (non-hydrogen) atoms. The van der Waals surface area contributed by atoms with Gasteiger partial charge in [-0.2, -0.15) is 0 Å². The molecule has 0 aromatic rings. The molecule has 3 fully saturated rings. The molecule has 0 bridgehead atoms. The number of carbonyl (C=O) groups is 2. The third kappa shape index (κ3) is 3.14. The number of rotatable bonds is 4. The first-order valence-corrected chi connectivity index (χ1v) is 8.69. The van der Waals surface area contributed by atoms with Gasteiger partial charge >= 0.3 is 0 Å². The molecule has 2 heterocycles. The van der Waals surface area contributed by atoms with Crippen LogP contribution < -0.4 is 0 Å². The predicted octanol–water partition coefficient (Wildman–Crippen LogP) is 1.66. The highest BCUT2D eigenvalue weighted by atomic mass is 16.5. The van der Waals surface area contributed by atoms with Gasteiger partial charge in [-0.3, -0.25) is 9.59 Å². The summed E-state index contributed by atoms with van der Waals surface area (Å²) in [6.07, 6.45) is 7.62. The molecule has 1 saturated carbocycles. The monoisotopic (exact) mass is 308 g/mol. The van der Waals surface area contributed by atoms with Crippen LogP contribution in [0.4, 0.5) is 0 Å². The lowest BCUT2D eigenvalue weighted by atomic mass is 9.85. The summed E-state index contributed by atoms with van der Waals surface area (Å²) >= 11 is 0. The average Bonchev–Trinajstić information content (AvgIpc) is 3.16. The molecule has 5 heteroatoms. The van der Waals surface area contributed by atoms with Crippen LogP contribution in [0.3, 0.4) is 0 Å². The second kappa shape index (κ2) is 6.57. The van der Waals surface area contributed by atoms with E-state index in [-0.39, 0.29) is 17.7 Å². The Hall–Kier alpha value is -1.10. The topological polar surface area (TPSA) is 49.9 Å². The van der Waals surface area contributed by atoms with Crippen LogP contribution in [-0.2, 0) is 14.3 Å². The summed E-state index contributed by atoms with van der Waals surface area (Å²) in [6.45, 7) is 3.59. The van der Waals surface area contributed by atoms with E-state index in [1.54, 1.807) is 12.0 Å². The second-order valence-electron chi connectivity index (χ2n) is 7.29. The second-order valence-corrected chi connectivity index (χ2v) is 7.29. The van der Waals surface area contributed by atoms with Crippen LogP contribution in [0.15, 0.2) is 0 Å². The van der Waals surface area contributed by atoms with E-state index >= 15 is 0 Å². The highest BCUT2D eigenvalue weighted by Gasteiger charge is 2.43. The largest absolute Gasteiger partial charge is 0.383 e. The van der Waals surface area contributed by atoms with Gasteiger partial charge < -0.3 is 14.5 Å². The Bertz CT molecular complexity index is 432. The number of nitrogens with zero attached hydrogens (tertiary/aromatic N) is 2. The number of amides is 2. The zero-order chi connectivity index (χ0) is 15.6. The van der Waals surface area contributed by atoms with Crippen molar-refractivity contribution in [1.29, 1.82) is 0 Å². The summed E-state index contributed by atoms with van der Waals surface area (Å²) in [7, 11) is 1.64. The molecule has 3 aliphatic rings. The highest BCUT2D eigenvalue weighted by Crippen LogP contribution is 2.45. The van der Waals surface area contributed by atoms with Gasteiger partial charge in [-0.15, -0.1) is 0 Å². The molecule has 2 amide bonds. The highest BCUT2D eigenvalue weighted by molar-refractivity contribution is 5.84. The molecule has 1 spiro atoms. The van der Waals surface area contributed by atoms with Crippen molar-refractivity contribution in [2.24, 2.45) is 11.3 Å². The van der Waals surface area contributed by atoms with Gasteiger partial charge in [0.25, 0.3) is 0 Å². The molecular weight excluding hydrogens is 280 g/mol. The van der Waals surface area contributed by atoms with Gasteiger partial charge in [-0.1, -0.05) is 12.8 Å². The third-order valence-corrected chi connectivity index (χ3v) is 5.83. The minimum Gasteiger partial charge on any atom is -0.383 e. The Labute approximate surface area is 133 Å². The first kappa shape index (κ1) is 15.8. The first-order valence-electron chi connectivity index (χ1n) is 8.69. The maximum atomic E-state index is 12.8. The van der Waals surface area contributed by atoms with Crippen molar-refractivity contribution in [3.05, 3.63) is 0 Å². The van der Waals surface area contributed by atoms with E-state index in [0.717, 1.165) is 13.1 Å². The zero-order valence-corrected chi connectivity index (χ0v) is 13.7. The van der Waals surface area contributed by atoms with Gasteiger partial charge in [0.15, 0.2) is 0 Å². The molecule has 0 N–H and O–H groups in total. The van der Waals surface area contributed by atoms with E-state index in [1.807, 2.05) is 0 Å². The Morgan fingerprint density at radius 3 is 2.82 bits per heavy atom. The van der Waals surface area contributed by atoms with Crippen LogP contribution in [0, 0.1) is 11.3 Å². The fraction of sp³-hybridized carbons (Fsp3) is 0.882. The summed E-state index contributed by atoms with van der Waals surface area (Å²) in [4.78, 5) is 28.6. The lowest BCUT2D eigenvalue weighted by molar-refractivity contribution is -0.143. The van der Waals surface area contributed by atoms with Gasteiger partial charge in [0.1, 0.15) is 0 Å². The molecule has 1 unspecified atom stereocenters. The smallest absolute Gasteiger partial charge is 0.227 e. The number of ether oxygens (including phenoxy) is 1. The maximum Gasteiger partial charge on any atom is 0.227 e. The van der Waals surface area contributed by atoms with Gasteiger partial charge in [0, 0.05) is 39.7 Å². The molecule has 2 aliphatic heterocycles. The van der Waals surface area contributed by atoms with Crippen molar-refractivity contribution in [1.82, 2.24) is 9.80 Å². The number of hydrogen-bond acceptors (Lipinski definition) is 3. The summed E-state index contributed by atoms with van der Waals surface area (Å²) in [5.41, 5.74) is 0.426. The normalized spacial score (nSPS) is 27.9. The molecule has 124 valence electrons. The molecule has 2 saturated heterocycles. The quantitative estimate of drug-likeness (QED) is 0.794. The van der Waals surface area contributed by atoms with E-state index in [4.69, 9.17) is 4.74 Å². The molecule has 5 nitrogen and oxygen atoms in total. The molecule has 1 atom stereocenters. The van der Waals surface area contributed by atoms with E-state index in [0.29, 0.717) is 38.0 Å². The number of piperidine rings is 1. The molecule has 0 aromatic heterocycles. The molecule has 0 aromatic carbocycles. The third-order valence-electron chi connectivity index (χ3n) is 5.83. The SMILES string of the molecule is COCCN1CC(C(=O)N2CCC3(CCCC3)C2)CCC1=O. The van der Waals surface area contributed by atoms with Crippen LogP contribution in [0.25, 0.3) is 0 Å². The molecule has 3 rings (SSSR count). The Morgan fingerprint density at radius 2 is 2.09 bits per heavy atom. The minimum absolute atomic E-state index is 0.00823. The van der Waals surface area contributed by atoms with E-state index in [9.17, 15) is 9.59 Å². The molecule has 0 radical (unpaired) electrons. The average molecular weight is 308 g/mol. The van der Waals surface area contributed by atoms with Crippen molar-refractivity contribution >= 4 is 11.8 Å². The zero-order valence-electron chi connectivity index (χ0n) is 13.7. The van der Waals surface area contributed by atoms with Crippen molar-refractivity contribution in [2.45, 2.75) is 44.9 Å². The Morgan fingerprint density at radius 1 is 1.32 bits per heavy atom. The van der Waals surface area contributed by atoms with E-state index in [2.05, 4.69) is 4.90 Å². The Balaban J connectivity index is 1.57. The fourth-order valence-corrected chi connectivity index (χ4v) is 4.45. The van der Waals surface area contributed by atoms with Crippen LogP contribution >= 0.6 is 0 Å². The van der Waals surface area contributed by atoms with E-state index < -0.39 is 0 Å². The van der Waals surface area contributed by atoms with Crippen molar-refractivity contribution in [3.63, 3.8) is 0 Å². The summed E-state index contributed by atoms with van der Waals surface area (Å²) in [5.74, 6) is 0.430. The fourth-order valence-electron chi connectivity index (χ4n) is 4.45. The van der Waals surface area contributed by atoms with Crippen LogP contribution in [0.2, 0.25) is 0 Å². The Kier molecular flexibility index (Phi) is 4.71. The van der Waals surface area contributed by atoms with Crippen LogP contribution in [0.5, 0.6) is 0 Å². The molecule has 1 aliphatic carbocycles. The lowest BCUT2D eigenvalue weighted by Crippen LogP contribution is -2.47. The number of methoxy groups -OCH3 is 1. The number of likely N-dealkylation sites (tertiary alicyclic amines) is 2. The van der Waals surface area contributed by atoms with Gasteiger partial charge in [0.2, 0.25) is 11.8 Å². The van der Waals surface area contributed by atoms with Gasteiger partial charge in [-0.25, -0.2) is 0 Å². The molecular formula is C17H28N2O3. The minimum atomic E-state index is -0.00823. The van der Waals surface area contributed by atoms with Crippen molar-refractivity contribution < 1.29 is 14.3 Å². The maximum absolute atomic E-state index is 12.8. The summed E-state index contributed by atoms with van der Waals surface area (Å²) < 4.78 is 5.06. The van der Waals surface area contributed by atoms with E-state index in [1.165, 1.54) is 32.1 Å². The number of hydrogen-bond donors (Lipinski definition) is 0. The predicted molar refractivity (Wildman–Crippen MR) is 83.3 cm³/mol. The standard InChI is InChI=1S/C17H28N2O3/c1-22-11-10-18-12-14(4-5-15(18)20)16(21)19-9-8-17(13-19)6-2-3-7-17/h14H,2-13H2,1H3. The summed E-state index contributed by atoms with van der Waals surface area (Å²) in [5, 5.41) is 0. The summed E-state index contributed by atoms with van der Waals surface area (Å²) in [6, 6.07) is 0. The number of carbonyl (C=O) groups excluding carboxylic acids is 2.